The highest BCUT2D eigenvalue weighted by molar-refractivity contribution is 5.80. The molecule has 3 atom stereocenters. The highest BCUT2D eigenvalue weighted by Gasteiger charge is 2.44. The molecule has 4 heteroatoms. The molecule has 0 radical (unpaired) electrons. The normalized spacial score (nSPS) is 36.3. The Morgan fingerprint density at radius 2 is 2.00 bits per heavy atom. The second-order valence-electron chi connectivity index (χ2n) is 6.06. The van der Waals surface area contributed by atoms with Gasteiger partial charge in [-0.25, -0.2) is 0 Å². The summed E-state index contributed by atoms with van der Waals surface area (Å²) in [6.07, 6.45) is 4.78. The first-order valence-corrected chi connectivity index (χ1v) is 7.55. The van der Waals surface area contributed by atoms with Crippen molar-refractivity contribution in [3.63, 3.8) is 0 Å². The van der Waals surface area contributed by atoms with Crippen LogP contribution in [0.2, 0.25) is 0 Å². The fraction of sp³-hybridized carbons (Fsp3) is 0.929. The van der Waals surface area contributed by atoms with Crippen LogP contribution in [0.1, 0.15) is 32.6 Å². The number of fused-ring (bicyclic) bond motifs is 2. The van der Waals surface area contributed by atoms with E-state index in [-0.39, 0.29) is 5.92 Å². The van der Waals surface area contributed by atoms with Crippen molar-refractivity contribution in [2.24, 2.45) is 5.92 Å². The van der Waals surface area contributed by atoms with Gasteiger partial charge in [0.1, 0.15) is 0 Å². The average Bonchev–Trinajstić information content (AvgIpc) is 3.01. The van der Waals surface area contributed by atoms with Crippen LogP contribution in [0.4, 0.5) is 0 Å². The zero-order valence-corrected chi connectivity index (χ0v) is 11.4. The Hall–Kier alpha value is -0.610. The molecule has 102 valence electrons. The number of nitrogens with one attached hydrogen (secondary N) is 1. The first-order chi connectivity index (χ1) is 8.78. The zero-order chi connectivity index (χ0) is 12.5. The molecule has 4 nitrogen and oxygen atoms in total. The molecule has 0 aromatic rings. The standard InChI is InChI=1S/C14H25N3O/c1-2-5-16-6-8-17(9-7-16)14(18)12-10-11-3-4-13(12)15-11/h11-13,15H,2-10H2,1H3. The van der Waals surface area contributed by atoms with Gasteiger partial charge in [0.25, 0.3) is 0 Å². The van der Waals surface area contributed by atoms with E-state index in [2.05, 4.69) is 22.0 Å². The summed E-state index contributed by atoms with van der Waals surface area (Å²) >= 11 is 0. The van der Waals surface area contributed by atoms with Crippen LogP contribution in [0.3, 0.4) is 0 Å². The molecule has 0 spiro atoms. The summed E-state index contributed by atoms with van der Waals surface area (Å²) in [4.78, 5) is 17.1. The Morgan fingerprint density at radius 3 is 2.56 bits per heavy atom. The summed E-state index contributed by atoms with van der Waals surface area (Å²) in [6, 6.07) is 1.11. The molecular formula is C14H25N3O. The lowest BCUT2D eigenvalue weighted by molar-refractivity contribution is -0.137. The number of nitrogens with zero attached hydrogens (tertiary/aromatic N) is 2. The van der Waals surface area contributed by atoms with Crippen LogP contribution in [0.25, 0.3) is 0 Å². The van der Waals surface area contributed by atoms with Crippen molar-refractivity contribution in [3.8, 4) is 0 Å². The fourth-order valence-electron chi connectivity index (χ4n) is 3.84. The van der Waals surface area contributed by atoms with Crippen molar-refractivity contribution in [2.75, 3.05) is 32.7 Å². The highest BCUT2D eigenvalue weighted by atomic mass is 16.2. The molecule has 3 unspecified atom stereocenters. The minimum Gasteiger partial charge on any atom is -0.340 e. The van der Waals surface area contributed by atoms with E-state index < -0.39 is 0 Å². The van der Waals surface area contributed by atoms with Gasteiger partial charge in [0.05, 0.1) is 5.92 Å². The molecule has 3 aliphatic heterocycles. The number of rotatable bonds is 3. The van der Waals surface area contributed by atoms with Gasteiger partial charge in [-0.15, -0.1) is 0 Å². The van der Waals surface area contributed by atoms with E-state index in [1.807, 2.05) is 0 Å². The van der Waals surface area contributed by atoms with Gasteiger partial charge in [-0.2, -0.15) is 0 Å². The molecule has 3 fully saturated rings. The topological polar surface area (TPSA) is 35.6 Å². The van der Waals surface area contributed by atoms with E-state index in [1.54, 1.807) is 0 Å². The average molecular weight is 251 g/mol. The molecule has 0 saturated carbocycles. The molecule has 0 aromatic heterocycles. The molecule has 3 rings (SSSR count). The third-order valence-corrected chi connectivity index (χ3v) is 4.84. The van der Waals surface area contributed by atoms with Crippen molar-refractivity contribution >= 4 is 5.91 Å². The van der Waals surface area contributed by atoms with Crippen molar-refractivity contribution < 1.29 is 4.79 Å². The predicted octanol–water partition coefficient (Wildman–Crippen LogP) is 0.681. The summed E-state index contributed by atoms with van der Waals surface area (Å²) in [5.74, 6) is 0.701. The maximum absolute atomic E-state index is 12.5. The Kier molecular flexibility index (Phi) is 3.57. The summed E-state index contributed by atoms with van der Waals surface area (Å²) in [5, 5.41) is 3.57. The van der Waals surface area contributed by atoms with Crippen LogP contribution < -0.4 is 5.32 Å². The SMILES string of the molecule is CCCN1CCN(C(=O)C2CC3CCC2N3)CC1. The van der Waals surface area contributed by atoms with Crippen LogP contribution in [0.15, 0.2) is 0 Å². The lowest BCUT2D eigenvalue weighted by Gasteiger charge is -2.36. The van der Waals surface area contributed by atoms with E-state index in [4.69, 9.17) is 0 Å². The molecule has 18 heavy (non-hydrogen) atoms. The van der Waals surface area contributed by atoms with E-state index in [0.29, 0.717) is 18.0 Å². The van der Waals surface area contributed by atoms with E-state index >= 15 is 0 Å². The number of amides is 1. The summed E-state index contributed by atoms with van der Waals surface area (Å²) in [7, 11) is 0. The first-order valence-electron chi connectivity index (χ1n) is 7.55. The number of hydrogen-bond acceptors (Lipinski definition) is 3. The highest BCUT2D eigenvalue weighted by Crippen LogP contribution is 2.34. The smallest absolute Gasteiger partial charge is 0.227 e. The largest absolute Gasteiger partial charge is 0.340 e. The number of carbonyl (C=O) groups excluding carboxylic acids is 1. The number of carbonyl (C=O) groups is 1. The molecule has 0 aromatic carbocycles. The van der Waals surface area contributed by atoms with Gasteiger partial charge in [-0.05, 0) is 32.2 Å². The third-order valence-electron chi connectivity index (χ3n) is 4.84. The second-order valence-corrected chi connectivity index (χ2v) is 6.06. The molecule has 3 saturated heterocycles. The lowest BCUT2D eigenvalue weighted by Crippen LogP contribution is -2.51. The Balaban J connectivity index is 1.52. The van der Waals surface area contributed by atoms with Crippen molar-refractivity contribution in [1.82, 2.24) is 15.1 Å². The fourth-order valence-corrected chi connectivity index (χ4v) is 3.84. The molecule has 3 heterocycles. The van der Waals surface area contributed by atoms with Crippen LogP contribution in [0.5, 0.6) is 0 Å². The second kappa shape index (κ2) is 5.17. The zero-order valence-electron chi connectivity index (χ0n) is 11.4. The third kappa shape index (κ3) is 2.28. The summed E-state index contributed by atoms with van der Waals surface area (Å²) in [5.41, 5.74) is 0. The molecule has 2 bridgehead atoms. The Morgan fingerprint density at radius 1 is 1.22 bits per heavy atom. The number of hydrogen-bond donors (Lipinski definition) is 1. The maximum Gasteiger partial charge on any atom is 0.227 e. The van der Waals surface area contributed by atoms with E-state index in [1.165, 1.54) is 25.8 Å². The molecule has 1 N–H and O–H groups in total. The molecule has 1 amide bonds. The van der Waals surface area contributed by atoms with Gasteiger partial charge < -0.3 is 10.2 Å². The van der Waals surface area contributed by atoms with Gasteiger partial charge >= 0.3 is 0 Å². The Labute approximate surface area is 110 Å². The minimum atomic E-state index is 0.279. The summed E-state index contributed by atoms with van der Waals surface area (Å²) < 4.78 is 0. The molecule has 0 aliphatic carbocycles. The van der Waals surface area contributed by atoms with Crippen molar-refractivity contribution in [1.29, 1.82) is 0 Å². The predicted molar refractivity (Wildman–Crippen MR) is 71.4 cm³/mol. The number of piperazine rings is 1. The van der Waals surface area contributed by atoms with Crippen LogP contribution in [-0.2, 0) is 4.79 Å². The maximum atomic E-state index is 12.5. The van der Waals surface area contributed by atoms with Gasteiger partial charge in [-0.3, -0.25) is 9.69 Å². The molecular weight excluding hydrogens is 226 g/mol. The quantitative estimate of drug-likeness (QED) is 0.801. The van der Waals surface area contributed by atoms with Gasteiger partial charge in [0.15, 0.2) is 0 Å². The monoisotopic (exact) mass is 251 g/mol. The van der Waals surface area contributed by atoms with Gasteiger partial charge in [0, 0.05) is 38.3 Å². The van der Waals surface area contributed by atoms with Crippen LogP contribution in [-0.4, -0.2) is 60.5 Å². The molecule has 3 aliphatic rings. The van der Waals surface area contributed by atoms with Crippen molar-refractivity contribution in [2.45, 2.75) is 44.7 Å². The van der Waals surface area contributed by atoms with E-state index in [0.717, 1.165) is 32.6 Å². The van der Waals surface area contributed by atoms with Crippen molar-refractivity contribution in [3.05, 3.63) is 0 Å². The Bertz CT molecular complexity index is 312. The van der Waals surface area contributed by atoms with Crippen LogP contribution >= 0.6 is 0 Å². The lowest BCUT2D eigenvalue weighted by atomic mass is 9.88. The van der Waals surface area contributed by atoms with Crippen LogP contribution in [0, 0.1) is 5.92 Å². The van der Waals surface area contributed by atoms with Gasteiger partial charge in [0.2, 0.25) is 5.91 Å². The van der Waals surface area contributed by atoms with E-state index in [9.17, 15) is 4.79 Å². The first kappa shape index (κ1) is 12.4. The minimum absolute atomic E-state index is 0.279. The van der Waals surface area contributed by atoms with Gasteiger partial charge in [-0.1, -0.05) is 6.92 Å². The summed E-state index contributed by atoms with van der Waals surface area (Å²) in [6.45, 7) is 7.40.